The fourth-order valence-corrected chi connectivity index (χ4v) is 382. The number of hydrogen-bond acceptors (Lipinski definition) is 35. The van der Waals surface area contributed by atoms with Gasteiger partial charge in [-0.15, -0.1) is 0 Å². The minimum absolute atomic E-state index is 1.38. The number of hydrogen-bond donors (Lipinski definition) is 0. The van der Waals surface area contributed by atoms with E-state index in [1.807, 2.05) is 19.6 Å². The summed E-state index contributed by atoms with van der Waals surface area (Å²) in [5, 5.41) is 0. The van der Waals surface area contributed by atoms with Crippen molar-refractivity contribution in [3.63, 3.8) is 0 Å². The summed E-state index contributed by atoms with van der Waals surface area (Å²) in [5.41, 5.74) is 0. The van der Waals surface area contributed by atoms with Gasteiger partial charge in [-0.1, -0.05) is 19.6 Å². The van der Waals surface area contributed by atoms with Crippen LogP contribution in [0.2, 0.25) is 52.4 Å². The van der Waals surface area contributed by atoms with Crippen LogP contribution in [0.25, 0.3) is 0 Å². The van der Waals surface area contributed by atoms with E-state index < -0.39 is 285 Å². The van der Waals surface area contributed by atoms with Crippen molar-refractivity contribution in [2.45, 2.75) is 52.4 Å². The third-order valence-corrected chi connectivity index (χ3v) is 267. The minimum atomic E-state index is -4.68. The van der Waals surface area contributed by atoms with Gasteiger partial charge in [0.25, 0.3) is 0 Å². The Hall–Kier alpha value is 1.13. The molecule has 0 spiro atoms. The van der Waals surface area contributed by atoms with E-state index in [-0.39, 0.29) is 0 Å². The smallest absolute Gasteiger partial charge is 0.457 e. The van der Waals surface area contributed by atoms with Crippen LogP contribution >= 0.6 is 0 Å². The molecule has 0 aliphatic heterocycles. The van der Waals surface area contributed by atoms with E-state index in [0.29, 0.717) is 0 Å². The zero-order chi connectivity index (χ0) is 63.5. The van der Waals surface area contributed by atoms with E-state index >= 15 is 0 Å². The van der Waals surface area contributed by atoms with Gasteiger partial charge < -0.3 is 138 Å². The van der Waals surface area contributed by atoms with Crippen molar-refractivity contribution in [2.24, 2.45) is 0 Å². The fraction of sp³-hybridized carbons (Fsp3) is 1.00. The SMILES string of the molecule is C[Si](C)(C)O[SiH2][Si](=O)[Si](=O)[Si](C)(C)O[SiH2][Si](=O)[Si](=O)[Si](=O)[Si](=O)[Si](=O)[Si](=O)[Si](=O)[Si](=O)[Si](=O)[Si](=O)[Si](=O)[Si](=O)[Si](=O)[Si](=O)[Si](=O)[Si](=O)[Si](=O)[Si](=O)[Si](=O)[Si](=O)[Si](=O)[Si](=O)[Si](=O)[Si](=O)[Si](=O)[Si](=O)[Si](=O)[Si](C)(C)C.O=[Si]=O.O=[Si]=O. The maximum absolute atomic E-state index is 12.9. The average molecular weight is 1700 g/mol. The van der Waals surface area contributed by atoms with Crippen LogP contribution in [0.3, 0.4) is 0 Å². The first kappa shape index (κ1) is 84.3. The molecule has 0 bridgehead atoms. The molecule has 0 unspecified atom stereocenters. The van der Waals surface area contributed by atoms with Crippen LogP contribution in [0.4, 0.5) is 0 Å². The summed E-state index contributed by atoms with van der Waals surface area (Å²) >= 11 is 0. The standard InChI is InChI=1S/C8H28O31Si34.2O2Si/c1-71(2,3)38-40-43(10)69(36)73(7,8)39-41-42(9)44(11)45(12)46(13)47(14)48(15)49(16)50(17)51(18)52(19)53(20)54(21)55(22)56(23)57(24)58(25)59(26)60(27)61(28)62(29)63(30)64(31)65(32)66(33)67(34)68(35)70(37)72(4,5)6;2*1-3-2/h40-41H2,1-8H3;;. The summed E-state index contributed by atoms with van der Waals surface area (Å²) in [6.45, 7) is 12.6. The van der Waals surface area contributed by atoms with E-state index in [1.54, 1.807) is 0 Å². The molecule has 0 N–H and O–H groups in total. The van der Waals surface area contributed by atoms with Crippen LogP contribution in [0.1, 0.15) is 0 Å². The lowest BCUT2D eigenvalue weighted by molar-refractivity contribution is 0.496. The summed E-state index contributed by atoms with van der Waals surface area (Å²) in [4.78, 5) is 0. The van der Waals surface area contributed by atoms with Gasteiger partial charge in [-0.25, -0.2) is 0 Å². The average Bonchev–Trinajstić information content (AvgIpc) is 3.39. The first-order valence-electron chi connectivity index (χ1n) is 19.7. The van der Waals surface area contributed by atoms with Crippen molar-refractivity contribution in [3.05, 3.63) is 0 Å². The van der Waals surface area contributed by atoms with E-state index in [2.05, 4.69) is 0 Å². The molecule has 0 aliphatic rings. The molecule has 0 atom stereocenters. The Morgan fingerprint density at radius 3 is 0.582 bits per heavy atom. The van der Waals surface area contributed by atoms with E-state index in [1.165, 1.54) is 32.7 Å². The van der Waals surface area contributed by atoms with Gasteiger partial charge in [-0.05, 0) is 32.7 Å². The van der Waals surface area contributed by atoms with Crippen LogP contribution < -0.4 is 0 Å². The Balaban J connectivity index is -0.00000916. The fourth-order valence-electron chi connectivity index (χ4n) is 4.00. The Morgan fingerprint density at radius 1 is 0.241 bits per heavy atom. The molecule has 414 valence electrons. The van der Waals surface area contributed by atoms with Crippen molar-refractivity contribution in [2.75, 3.05) is 0 Å². The third kappa shape index (κ3) is 26.6. The van der Waals surface area contributed by atoms with Crippen LogP contribution in [0.15, 0.2) is 0 Å². The molecule has 0 rings (SSSR count). The van der Waals surface area contributed by atoms with Crippen molar-refractivity contribution in [1.29, 1.82) is 0 Å². The Bertz CT molecular complexity index is 3140. The topological polar surface area (TPSA) is 582 Å². The minimum Gasteiger partial charge on any atom is -0.457 e. The number of rotatable bonds is 35. The second kappa shape index (κ2) is 38.4. The molecule has 0 amide bonds. The lowest BCUT2D eigenvalue weighted by Crippen LogP contribution is -2.58. The second-order valence-corrected chi connectivity index (χ2v) is 186. The van der Waals surface area contributed by atoms with E-state index in [9.17, 15) is 129 Å². The first-order chi connectivity index (χ1) is 35.7. The summed E-state index contributed by atoms with van der Waals surface area (Å²) in [6, 6.07) is 0. The van der Waals surface area contributed by atoms with Gasteiger partial charge in [-0.3, -0.25) is 17.8 Å². The molecule has 79 heavy (non-hydrogen) atoms. The van der Waals surface area contributed by atoms with Gasteiger partial charge in [0.1, 0.15) is 7.59 Å². The zero-order valence-electron chi connectivity index (χ0n) is 40.7. The Labute approximate surface area is 487 Å². The van der Waals surface area contributed by atoms with Crippen molar-refractivity contribution in [1.82, 2.24) is 0 Å². The predicted octanol–water partition coefficient (Wildman–Crippen LogP) is -14.2. The summed E-state index contributed by atoms with van der Waals surface area (Å²) < 4.78 is 414. The normalized spacial score (nSPS) is 10.6. The summed E-state index contributed by atoms with van der Waals surface area (Å²) in [5.74, 6) is 0. The van der Waals surface area contributed by atoms with Gasteiger partial charge >= 0.3 is 242 Å². The van der Waals surface area contributed by atoms with Gasteiger partial charge in [-0.2, -0.15) is 0 Å². The molecule has 35 nitrogen and oxygen atoms in total. The van der Waals surface area contributed by atoms with Crippen LogP contribution in [-0.2, 0) is 155 Å². The molecular formula is C8H28O35Si36. The highest BCUT2D eigenvalue weighted by Gasteiger charge is 2.58. The molecule has 0 saturated heterocycles. The van der Waals surface area contributed by atoms with Crippen molar-refractivity contribution < 1.29 is 155 Å². The highest BCUT2D eigenvalue weighted by Crippen LogP contribution is 2.06. The molecular weight excluding hydrogens is 1670 g/mol. The maximum Gasteiger partial charge on any atom is 0.549 e. The molecule has 0 aromatic carbocycles. The first-order valence-corrected chi connectivity index (χ1v) is 107. The van der Waals surface area contributed by atoms with Crippen LogP contribution in [0, 0.1) is 0 Å². The van der Waals surface area contributed by atoms with Gasteiger partial charge in [0, 0.05) is 0 Å². The zero-order valence-corrected chi connectivity index (χ0v) is 77.5. The summed E-state index contributed by atoms with van der Waals surface area (Å²) in [7, 11) is -139. The molecule has 0 aromatic rings. The maximum atomic E-state index is 12.9. The van der Waals surface area contributed by atoms with Gasteiger partial charge in [0.2, 0.25) is 26.4 Å². The predicted molar refractivity (Wildman–Crippen MR) is 284 cm³/mol. The second-order valence-electron chi connectivity index (χ2n) is 16.3. The lowest BCUT2D eigenvalue weighted by atomic mass is 11.8. The largest absolute Gasteiger partial charge is 0.549 e. The Kier molecular flexibility index (Phi) is 41.0. The van der Waals surface area contributed by atoms with E-state index in [4.69, 9.17) is 26.1 Å². The molecule has 71 heteroatoms. The summed E-state index contributed by atoms with van der Waals surface area (Å²) in [6.07, 6.45) is 0. The molecule has 0 aliphatic carbocycles. The molecule has 0 aromatic heterocycles. The van der Waals surface area contributed by atoms with E-state index in [0.717, 1.165) is 0 Å². The molecule has 0 radical (unpaired) electrons. The Morgan fingerprint density at radius 2 is 0.405 bits per heavy atom. The quantitative estimate of drug-likeness (QED) is 0.0532. The molecule has 0 saturated carbocycles. The van der Waals surface area contributed by atoms with Crippen molar-refractivity contribution in [3.8, 4) is 0 Å². The van der Waals surface area contributed by atoms with Crippen molar-refractivity contribution >= 4 is 285 Å². The van der Waals surface area contributed by atoms with Crippen LogP contribution in [0.5, 0.6) is 0 Å². The van der Waals surface area contributed by atoms with Gasteiger partial charge in [0.15, 0.2) is 8.32 Å². The van der Waals surface area contributed by atoms with Gasteiger partial charge in [0.05, 0.1) is 0 Å². The van der Waals surface area contributed by atoms with Crippen LogP contribution in [-0.4, -0.2) is 285 Å². The molecule has 0 fully saturated rings. The molecule has 0 heterocycles. The lowest BCUT2D eigenvalue weighted by Gasteiger charge is -2.20. The highest BCUT2D eigenvalue weighted by molar-refractivity contribution is 7.84. The monoisotopic (exact) mass is 1690 g/mol. The highest BCUT2D eigenvalue weighted by atomic mass is 30.1. The third-order valence-electron chi connectivity index (χ3n) is 8.09.